The molecular weight excluding hydrogens is 414 g/mol. The standard InChI is InChI=1S/C28H33NO4/c1-26(2)12-13-27(3,4)23-14-19(6-11-22(23)26)17-32-21-9-7-20(8-10-21)28(5,15-25(30)31)24-16-29-18-33-24/h6-11,14,16,18H,12-13,15,17H2,1-5H3,(H,30,31)/t28-/m0/s1. The van der Waals surface area contributed by atoms with Crippen LogP contribution in [0.3, 0.4) is 0 Å². The number of aromatic nitrogens is 1. The van der Waals surface area contributed by atoms with E-state index in [1.807, 2.05) is 31.2 Å². The fourth-order valence-corrected chi connectivity index (χ4v) is 4.93. The molecule has 0 aliphatic heterocycles. The number of benzene rings is 2. The summed E-state index contributed by atoms with van der Waals surface area (Å²) in [6.07, 6.45) is 5.19. The Bertz CT molecular complexity index is 1130. The highest BCUT2D eigenvalue weighted by molar-refractivity contribution is 5.70. The number of nitrogens with zero attached hydrogens (tertiary/aromatic N) is 1. The van der Waals surface area contributed by atoms with E-state index < -0.39 is 11.4 Å². The molecular formula is C28H33NO4. The average Bonchev–Trinajstić information content (AvgIpc) is 3.31. The molecule has 1 aliphatic rings. The number of ether oxygens (including phenoxy) is 1. The molecule has 3 aromatic rings. The molecule has 0 unspecified atom stereocenters. The fourth-order valence-electron chi connectivity index (χ4n) is 4.93. The highest BCUT2D eigenvalue weighted by Gasteiger charge is 2.37. The third-order valence-electron chi connectivity index (χ3n) is 7.30. The quantitative estimate of drug-likeness (QED) is 0.455. The molecule has 0 bridgehead atoms. The monoisotopic (exact) mass is 447 g/mol. The van der Waals surface area contributed by atoms with Crippen molar-refractivity contribution in [3.8, 4) is 5.75 Å². The minimum absolute atomic E-state index is 0.0936. The van der Waals surface area contributed by atoms with Gasteiger partial charge < -0.3 is 14.3 Å². The second-order valence-corrected chi connectivity index (χ2v) is 10.7. The highest BCUT2D eigenvalue weighted by Crippen LogP contribution is 2.46. The Labute approximate surface area is 195 Å². The van der Waals surface area contributed by atoms with Gasteiger partial charge in [0.2, 0.25) is 0 Å². The van der Waals surface area contributed by atoms with E-state index in [4.69, 9.17) is 9.15 Å². The van der Waals surface area contributed by atoms with Crippen molar-refractivity contribution in [3.63, 3.8) is 0 Å². The largest absolute Gasteiger partial charge is 0.489 e. The summed E-state index contributed by atoms with van der Waals surface area (Å²) >= 11 is 0. The number of hydrogen-bond donors (Lipinski definition) is 1. The third kappa shape index (κ3) is 4.54. The molecule has 4 rings (SSSR count). The summed E-state index contributed by atoms with van der Waals surface area (Å²) in [5.41, 5.74) is 4.42. The second-order valence-electron chi connectivity index (χ2n) is 10.7. The van der Waals surface area contributed by atoms with Gasteiger partial charge in [-0.3, -0.25) is 4.79 Å². The van der Waals surface area contributed by atoms with Gasteiger partial charge in [0.1, 0.15) is 18.1 Å². The first-order chi connectivity index (χ1) is 15.5. The minimum atomic E-state index is -0.896. The van der Waals surface area contributed by atoms with E-state index in [-0.39, 0.29) is 17.3 Å². The number of aliphatic carboxylic acids is 1. The van der Waals surface area contributed by atoms with E-state index in [0.717, 1.165) is 16.9 Å². The molecule has 0 saturated heterocycles. The Balaban J connectivity index is 1.52. The minimum Gasteiger partial charge on any atom is -0.489 e. The van der Waals surface area contributed by atoms with Crippen LogP contribution in [-0.4, -0.2) is 16.1 Å². The van der Waals surface area contributed by atoms with Crippen LogP contribution in [0, 0.1) is 0 Å². The molecule has 174 valence electrons. The van der Waals surface area contributed by atoms with E-state index in [1.165, 1.54) is 30.4 Å². The zero-order chi connectivity index (χ0) is 23.9. The van der Waals surface area contributed by atoms with Crippen molar-refractivity contribution in [2.24, 2.45) is 0 Å². The molecule has 0 amide bonds. The average molecular weight is 448 g/mol. The first-order valence-electron chi connectivity index (χ1n) is 11.5. The zero-order valence-electron chi connectivity index (χ0n) is 20.1. The van der Waals surface area contributed by atoms with Crippen LogP contribution < -0.4 is 4.74 Å². The predicted molar refractivity (Wildman–Crippen MR) is 128 cm³/mol. The van der Waals surface area contributed by atoms with Crippen LogP contribution in [0.5, 0.6) is 5.75 Å². The van der Waals surface area contributed by atoms with Gasteiger partial charge in [0.15, 0.2) is 6.39 Å². The molecule has 33 heavy (non-hydrogen) atoms. The Morgan fingerprint density at radius 2 is 1.73 bits per heavy atom. The maximum absolute atomic E-state index is 11.5. The van der Waals surface area contributed by atoms with Gasteiger partial charge in [-0.15, -0.1) is 0 Å². The number of rotatable bonds is 7. The molecule has 5 nitrogen and oxygen atoms in total. The van der Waals surface area contributed by atoms with Crippen LogP contribution in [0.1, 0.15) is 81.9 Å². The van der Waals surface area contributed by atoms with Crippen LogP contribution >= 0.6 is 0 Å². The second kappa shape index (κ2) is 8.36. The first-order valence-corrected chi connectivity index (χ1v) is 11.5. The molecule has 1 N–H and O–H groups in total. The number of fused-ring (bicyclic) bond motifs is 1. The van der Waals surface area contributed by atoms with Crippen molar-refractivity contribution in [3.05, 3.63) is 83.1 Å². The zero-order valence-corrected chi connectivity index (χ0v) is 20.1. The SMILES string of the molecule is CC1(C)CCC(C)(C)c2cc(COc3ccc([C@](C)(CC(=O)O)c4cnco4)cc3)ccc21. The van der Waals surface area contributed by atoms with Crippen LogP contribution in [0.4, 0.5) is 0 Å². The molecule has 0 fully saturated rings. The number of hydrogen-bond acceptors (Lipinski definition) is 4. The van der Waals surface area contributed by atoms with E-state index in [2.05, 4.69) is 50.9 Å². The van der Waals surface area contributed by atoms with E-state index in [1.54, 1.807) is 6.20 Å². The molecule has 1 aliphatic carbocycles. The van der Waals surface area contributed by atoms with Crippen LogP contribution in [0.25, 0.3) is 0 Å². The lowest BCUT2D eigenvalue weighted by Crippen LogP contribution is -2.33. The van der Waals surface area contributed by atoms with E-state index >= 15 is 0 Å². The summed E-state index contributed by atoms with van der Waals surface area (Å²) in [7, 11) is 0. The third-order valence-corrected chi connectivity index (χ3v) is 7.30. The van der Waals surface area contributed by atoms with Crippen molar-refractivity contribution in [2.45, 2.75) is 76.7 Å². The Morgan fingerprint density at radius 3 is 2.33 bits per heavy atom. The lowest BCUT2D eigenvalue weighted by molar-refractivity contribution is -0.138. The summed E-state index contributed by atoms with van der Waals surface area (Å²) in [6.45, 7) is 11.6. The Hall–Kier alpha value is -3.08. The first kappa shape index (κ1) is 23.1. The fraction of sp³-hybridized carbons (Fsp3) is 0.429. The molecule has 2 aromatic carbocycles. The maximum Gasteiger partial charge on any atom is 0.304 e. The number of oxazole rings is 1. The molecule has 0 radical (unpaired) electrons. The van der Waals surface area contributed by atoms with Gasteiger partial charge in [0, 0.05) is 0 Å². The molecule has 5 heteroatoms. The van der Waals surface area contributed by atoms with Gasteiger partial charge in [0.05, 0.1) is 18.0 Å². The molecule has 1 aromatic heterocycles. The predicted octanol–water partition coefficient (Wildman–Crippen LogP) is 6.38. The van der Waals surface area contributed by atoms with Crippen LogP contribution in [0.2, 0.25) is 0 Å². The molecule has 1 atom stereocenters. The molecule has 1 heterocycles. The van der Waals surface area contributed by atoms with E-state index in [9.17, 15) is 9.90 Å². The van der Waals surface area contributed by atoms with Crippen molar-refractivity contribution in [1.82, 2.24) is 4.98 Å². The van der Waals surface area contributed by atoms with Crippen molar-refractivity contribution >= 4 is 5.97 Å². The summed E-state index contributed by atoms with van der Waals surface area (Å²) in [6, 6.07) is 14.3. The van der Waals surface area contributed by atoms with Crippen molar-refractivity contribution in [1.29, 1.82) is 0 Å². The van der Waals surface area contributed by atoms with Crippen molar-refractivity contribution in [2.75, 3.05) is 0 Å². The van der Waals surface area contributed by atoms with Crippen LogP contribution in [0.15, 0.2) is 59.5 Å². The number of carbonyl (C=O) groups is 1. The number of carboxylic acids is 1. The number of carboxylic acid groups (broad SMARTS) is 1. The normalized spacial score (nSPS) is 18.2. The smallest absolute Gasteiger partial charge is 0.304 e. The topological polar surface area (TPSA) is 72.6 Å². The Kier molecular flexibility index (Phi) is 5.85. The molecule has 0 spiro atoms. The lowest BCUT2D eigenvalue weighted by atomic mass is 9.63. The van der Waals surface area contributed by atoms with Gasteiger partial charge in [-0.2, -0.15) is 0 Å². The lowest BCUT2D eigenvalue weighted by Gasteiger charge is -2.42. The van der Waals surface area contributed by atoms with Gasteiger partial charge in [-0.25, -0.2) is 4.98 Å². The summed E-state index contributed by atoms with van der Waals surface area (Å²) in [4.78, 5) is 15.5. The van der Waals surface area contributed by atoms with Gasteiger partial charge in [-0.05, 0) is 65.0 Å². The van der Waals surface area contributed by atoms with E-state index in [0.29, 0.717) is 12.4 Å². The van der Waals surface area contributed by atoms with Gasteiger partial charge in [0.25, 0.3) is 0 Å². The highest BCUT2D eigenvalue weighted by atomic mass is 16.5. The summed E-state index contributed by atoms with van der Waals surface area (Å²) in [5.74, 6) is 0.372. The van der Waals surface area contributed by atoms with Crippen molar-refractivity contribution < 1.29 is 19.1 Å². The summed E-state index contributed by atoms with van der Waals surface area (Å²) in [5, 5.41) is 9.44. The molecule has 0 saturated carbocycles. The Morgan fingerprint density at radius 1 is 1.06 bits per heavy atom. The van der Waals surface area contributed by atoms with Crippen LogP contribution in [-0.2, 0) is 27.6 Å². The van der Waals surface area contributed by atoms with Gasteiger partial charge in [-0.1, -0.05) is 58.0 Å². The maximum atomic E-state index is 11.5. The van der Waals surface area contributed by atoms with Gasteiger partial charge >= 0.3 is 5.97 Å². The summed E-state index contributed by atoms with van der Waals surface area (Å²) < 4.78 is 11.6.